The van der Waals surface area contributed by atoms with Gasteiger partial charge in [-0.05, 0) is 55.0 Å². The molecule has 0 aromatic heterocycles. The predicted molar refractivity (Wildman–Crippen MR) is 107 cm³/mol. The van der Waals surface area contributed by atoms with Crippen LogP contribution in [0.2, 0.25) is 0 Å². The molecule has 0 saturated heterocycles. The highest BCUT2D eigenvalue weighted by atomic mass is 16.5. The maximum Gasteiger partial charge on any atom is 0.319 e. The van der Waals surface area contributed by atoms with Crippen LogP contribution in [0.1, 0.15) is 5.56 Å². The van der Waals surface area contributed by atoms with Crippen molar-refractivity contribution in [1.29, 1.82) is 0 Å². The van der Waals surface area contributed by atoms with Gasteiger partial charge >= 0.3 is 6.03 Å². The Hall–Kier alpha value is -3.47. The largest absolute Gasteiger partial charge is 0.491 e. The summed E-state index contributed by atoms with van der Waals surface area (Å²) in [5.41, 5.74) is 1.76. The lowest BCUT2D eigenvalue weighted by Gasteiger charge is -2.11. The van der Waals surface area contributed by atoms with Crippen LogP contribution in [0.4, 0.5) is 10.5 Å². The summed E-state index contributed by atoms with van der Waals surface area (Å²) in [5, 5.41) is 5.55. The van der Waals surface area contributed by atoms with Crippen molar-refractivity contribution in [3.63, 3.8) is 0 Å². The van der Waals surface area contributed by atoms with Crippen molar-refractivity contribution in [3.05, 3.63) is 84.4 Å². The molecular weight excluding hydrogens is 340 g/mol. The summed E-state index contributed by atoms with van der Waals surface area (Å²) in [6.45, 7) is 2.80. The van der Waals surface area contributed by atoms with E-state index in [0.717, 1.165) is 17.1 Å². The maximum absolute atomic E-state index is 12.0. The summed E-state index contributed by atoms with van der Waals surface area (Å²) in [6.07, 6.45) is 0. The van der Waals surface area contributed by atoms with Gasteiger partial charge in [-0.1, -0.05) is 36.4 Å². The van der Waals surface area contributed by atoms with Gasteiger partial charge in [0.15, 0.2) is 0 Å². The average molecular weight is 362 g/mol. The van der Waals surface area contributed by atoms with Crippen molar-refractivity contribution >= 4 is 11.7 Å². The van der Waals surface area contributed by atoms with Crippen molar-refractivity contribution < 1.29 is 14.3 Å². The van der Waals surface area contributed by atoms with Crippen molar-refractivity contribution in [1.82, 2.24) is 5.32 Å². The number of anilines is 1. The van der Waals surface area contributed by atoms with Gasteiger partial charge in [0.25, 0.3) is 0 Å². The quantitative estimate of drug-likeness (QED) is 0.582. The van der Waals surface area contributed by atoms with Crippen molar-refractivity contribution in [2.24, 2.45) is 0 Å². The first-order valence-electron chi connectivity index (χ1n) is 8.77. The van der Waals surface area contributed by atoms with Crippen molar-refractivity contribution in [3.8, 4) is 17.2 Å². The van der Waals surface area contributed by atoms with E-state index < -0.39 is 0 Å². The smallest absolute Gasteiger partial charge is 0.319 e. The molecule has 0 unspecified atom stereocenters. The minimum absolute atomic E-state index is 0.278. The second kappa shape index (κ2) is 9.29. The van der Waals surface area contributed by atoms with Gasteiger partial charge in [-0.3, -0.25) is 0 Å². The van der Waals surface area contributed by atoms with Gasteiger partial charge in [-0.15, -0.1) is 0 Å². The first-order chi connectivity index (χ1) is 13.2. The van der Waals surface area contributed by atoms with Crippen LogP contribution in [-0.2, 0) is 0 Å². The van der Waals surface area contributed by atoms with Crippen LogP contribution < -0.4 is 20.1 Å². The number of urea groups is 1. The van der Waals surface area contributed by atoms with Gasteiger partial charge in [0, 0.05) is 5.69 Å². The topological polar surface area (TPSA) is 59.6 Å². The zero-order valence-electron chi connectivity index (χ0n) is 15.1. The van der Waals surface area contributed by atoms with Crippen molar-refractivity contribution in [2.45, 2.75) is 6.92 Å². The highest BCUT2D eigenvalue weighted by Crippen LogP contribution is 2.22. The summed E-state index contributed by atoms with van der Waals surface area (Å²) in [7, 11) is 0. The van der Waals surface area contributed by atoms with Crippen LogP contribution in [0.15, 0.2) is 78.9 Å². The molecule has 3 aromatic carbocycles. The molecule has 0 atom stereocenters. The lowest BCUT2D eigenvalue weighted by atomic mass is 10.2. The Labute approximate surface area is 158 Å². The third-order valence-corrected chi connectivity index (χ3v) is 3.83. The van der Waals surface area contributed by atoms with Crippen LogP contribution in [0.5, 0.6) is 17.2 Å². The van der Waals surface area contributed by atoms with Crippen LogP contribution >= 0.6 is 0 Å². The molecule has 0 spiro atoms. The van der Waals surface area contributed by atoms with E-state index in [9.17, 15) is 4.79 Å². The molecule has 2 amide bonds. The summed E-state index contributed by atoms with van der Waals surface area (Å²) < 4.78 is 11.4. The van der Waals surface area contributed by atoms with E-state index in [-0.39, 0.29) is 6.03 Å². The molecule has 3 aromatic rings. The molecule has 0 aliphatic heterocycles. The molecule has 0 saturated carbocycles. The Balaban J connectivity index is 1.41. The fourth-order valence-corrected chi connectivity index (χ4v) is 2.45. The molecule has 0 fully saturated rings. The number of ether oxygens (including phenoxy) is 2. The van der Waals surface area contributed by atoms with Gasteiger partial charge in [-0.2, -0.15) is 0 Å². The first kappa shape index (κ1) is 18.3. The standard InChI is InChI=1S/C22H22N2O3/c1-17-7-5-6-10-21(17)26-16-15-23-22(25)24-18-11-13-20(14-12-18)27-19-8-3-2-4-9-19/h2-14H,15-16H2,1H3,(H2,23,24,25). The molecule has 0 aliphatic carbocycles. The Bertz CT molecular complexity index is 864. The second-order valence-electron chi connectivity index (χ2n) is 5.93. The van der Waals surface area contributed by atoms with Crippen molar-refractivity contribution in [2.75, 3.05) is 18.5 Å². The van der Waals surface area contributed by atoms with Crippen LogP contribution in [0.25, 0.3) is 0 Å². The fourth-order valence-electron chi connectivity index (χ4n) is 2.45. The molecular formula is C22H22N2O3. The minimum atomic E-state index is -0.278. The summed E-state index contributed by atoms with van der Waals surface area (Å²) in [5.74, 6) is 2.30. The fraction of sp³-hybridized carbons (Fsp3) is 0.136. The van der Waals surface area contributed by atoms with E-state index >= 15 is 0 Å². The molecule has 138 valence electrons. The molecule has 5 heteroatoms. The number of hydrogen-bond acceptors (Lipinski definition) is 3. The Morgan fingerprint density at radius 1 is 0.852 bits per heavy atom. The van der Waals surface area contributed by atoms with E-state index in [2.05, 4.69) is 10.6 Å². The zero-order chi connectivity index (χ0) is 18.9. The molecule has 0 aliphatic rings. The predicted octanol–water partition coefficient (Wildman–Crippen LogP) is 4.99. The number of rotatable bonds is 7. The van der Waals surface area contributed by atoms with E-state index in [0.29, 0.717) is 24.6 Å². The molecule has 2 N–H and O–H groups in total. The normalized spacial score (nSPS) is 10.1. The van der Waals surface area contributed by atoms with Crippen LogP contribution in [0.3, 0.4) is 0 Å². The SMILES string of the molecule is Cc1ccccc1OCCNC(=O)Nc1ccc(Oc2ccccc2)cc1. The van der Waals surface area contributed by atoms with E-state index in [4.69, 9.17) is 9.47 Å². The monoisotopic (exact) mass is 362 g/mol. The van der Waals surface area contributed by atoms with Gasteiger partial charge in [0.1, 0.15) is 23.9 Å². The Kier molecular flexibility index (Phi) is 6.30. The summed E-state index contributed by atoms with van der Waals surface area (Å²) in [4.78, 5) is 12.0. The lowest BCUT2D eigenvalue weighted by Crippen LogP contribution is -2.32. The van der Waals surface area contributed by atoms with Gasteiger partial charge in [-0.25, -0.2) is 4.79 Å². The highest BCUT2D eigenvalue weighted by molar-refractivity contribution is 5.89. The van der Waals surface area contributed by atoms with E-state index in [1.807, 2.05) is 73.7 Å². The average Bonchev–Trinajstić information content (AvgIpc) is 2.69. The van der Waals surface area contributed by atoms with Gasteiger partial charge in [0.2, 0.25) is 0 Å². The minimum Gasteiger partial charge on any atom is -0.491 e. The third-order valence-electron chi connectivity index (χ3n) is 3.83. The summed E-state index contributed by atoms with van der Waals surface area (Å²) >= 11 is 0. The third kappa shape index (κ3) is 5.78. The van der Waals surface area contributed by atoms with Gasteiger partial charge in [0.05, 0.1) is 6.54 Å². The first-order valence-corrected chi connectivity index (χ1v) is 8.77. The lowest BCUT2D eigenvalue weighted by molar-refractivity contribution is 0.247. The van der Waals surface area contributed by atoms with Gasteiger partial charge < -0.3 is 20.1 Å². The molecule has 3 rings (SSSR count). The van der Waals surface area contributed by atoms with E-state index in [1.165, 1.54) is 0 Å². The Morgan fingerprint density at radius 2 is 1.52 bits per heavy atom. The molecule has 0 heterocycles. The number of carbonyl (C=O) groups excluding carboxylic acids is 1. The number of nitrogens with one attached hydrogen (secondary N) is 2. The number of para-hydroxylation sites is 2. The summed E-state index contributed by atoms with van der Waals surface area (Å²) in [6, 6.07) is 24.3. The number of aryl methyl sites for hydroxylation is 1. The zero-order valence-corrected chi connectivity index (χ0v) is 15.1. The number of carbonyl (C=O) groups is 1. The van der Waals surface area contributed by atoms with Crippen LogP contribution in [0, 0.1) is 6.92 Å². The maximum atomic E-state index is 12.0. The number of amides is 2. The molecule has 0 bridgehead atoms. The van der Waals surface area contributed by atoms with Crippen LogP contribution in [-0.4, -0.2) is 19.2 Å². The van der Waals surface area contributed by atoms with E-state index in [1.54, 1.807) is 12.1 Å². The number of benzene rings is 3. The second-order valence-corrected chi connectivity index (χ2v) is 5.93. The number of hydrogen-bond donors (Lipinski definition) is 2. The Morgan fingerprint density at radius 3 is 2.26 bits per heavy atom. The molecule has 5 nitrogen and oxygen atoms in total. The molecule has 0 radical (unpaired) electrons. The molecule has 27 heavy (non-hydrogen) atoms. The highest BCUT2D eigenvalue weighted by Gasteiger charge is 2.03.